The van der Waals surface area contributed by atoms with Gasteiger partial charge in [-0.25, -0.2) is 19.6 Å². The topological polar surface area (TPSA) is 175 Å². The Morgan fingerprint density at radius 2 is 1.33 bits per heavy atom. The monoisotopic (exact) mass is 656 g/mol. The maximum absolute atomic E-state index is 12.6. The minimum absolute atomic E-state index is 0.154. The zero-order valence-corrected chi connectivity index (χ0v) is 27.5. The summed E-state index contributed by atoms with van der Waals surface area (Å²) in [6.45, 7) is 5.24. The Labute approximate surface area is 278 Å². The molecule has 4 N–H and O–H groups in total. The molecule has 0 unspecified atom stereocenters. The number of imidazole rings is 2. The molecule has 14 nitrogen and oxygen atoms in total. The van der Waals surface area contributed by atoms with Gasteiger partial charge < -0.3 is 39.9 Å². The molecule has 0 bridgehead atoms. The zero-order chi connectivity index (χ0) is 34.5. The van der Waals surface area contributed by atoms with Crippen LogP contribution in [0.4, 0.5) is 9.59 Å². The van der Waals surface area contributed by atoms with Crippen LogP contribution in [0.15, 0.2) is 48.7 Å². The van der Waals surface area contributed by atoms with E-state index in [1.54, 1.807) is 16.0 Å². The summed E-state index contributed by atoms with van der Waals surface area (Å²) in [4.78, 5) is 66.9. The third kappa shape index (κ3) is 9.83. The number of hydrogen-bond acceptors (Lipinski definition) is 8. The number of methoxy groups -OCH3 is 2. The lowest BCUT2D eigenvalue weighted by molar-refractivity contribution is -0.131. The van der Waals surface area contributed by atoms with Gasteiger partial charge in [0, 0.05) is 24.2 Å². The molecule has 0 radical (unpaired) electrons. The van der Waals surface area contributed by atoms with Crippen LogP contribution in [0.2, 0.25) is 0 Å². The molecule has 2 heterocycles. The Hall–Kier alpha value is -5.84. The smallest absolute Gasteiger partial charge is 0.407 e. The van der Waals surface area contributed by atoms with Gasteiger partial charge >= 0.3 is 12.2 Å². The number of H-pyrrole nitrogens is 2. The molecule has 48 heavy (non-hydrogen) atoms. The summed E-state index contributed by atoms with van der Waals surface area (Å²) in [5.74, 6) is 7.19. The van der Waals surface area contributed by atoms with Gasteiger partial charge in [-0.2, -0.15) is 0 Å². The minimum Gasteiger partial charge on any atom is -0.453 e. The van der Waals surface area contributed by atoms with E-state index in [-0.39, 0.29) is 38.0 Å². The van der Waals surface area contributed by atoms with Gasteiger partial charge in [-0.15, -0.1) is 0 Å². The van der Waals surface area contributed by atoms with Gasteiger partial charge in [0.2, 0.25) is 11.8 Å². The summed E-state index contributed by atoms with van der Waals surface area (Å²) in [6.07, 6.45) is 1.93. The van der Waals surface area contributed by atoms with Crippen molar-refractivity contribution in [1.82, 2.24) is 40.4 Å². The molecule has 0 saturated heterocycles. The summed E-state index contributed by atoms with van der Waals surface area (Å²) < 4.78 is 9.08. The van der Waals surface area contributed by atoms with Crippen LogP contribution >= 0.6 is 0 Å². The maximum Gasteiger partial charge on any atom is 0.407 e. The van der Waals surface area contributed by atoms with Gasteiger partial charge in [-0.1, -0.05) is 37.8 Å². The fourth-order valence-corrected chi connectivity index (χ4v) is 4.83. The quantitative estimate of drug-likeness (QED) is 0.158. The Morgan fingerprint density at radius 1 is 0.771 bits per heavy atom. The number of rotatable bonds is 13. The third-order valence-corrected chi connectivity index (χ3v) is 7.22. The third-order valence-electron chi connectivity index (χ3n) is 7.22. The van der Waals surface area contributed by atoms with E-state index in [0.29, 0.717) is 24.7 Å². The molecule has 4 aromatic rings. The van der Waals surface area contributed by atoms with Crippen LogP contribution in [0, 0.1) is 11.8 Å². The first-order valence-corrected chi connectivity index (χ1v) is 15.6. The minimum atomic E-state index is -0.658. The second-order valence-electron chi connectivity index (χ2n) is 10.8. The van der Waals surface area contributed by atoms with E-state index < -0.39 is 12.2 Å². The number of nitrogens with one attached hydrogen (secondary N) is 4. The van der Waals surface area contributed by atoms with Crippen LogP contribution in [0.3, 0.4) is 0 Å². The van der Waals surface area contributed by atoms with Crippen molar-refractivity contribution < 1.29 is 28.7 Å². The van der Waals surface area contributed by atoms with Crippen LogP contribution in [0.25, 0.3) is 22.3 Å². The summed E-state index contributed by atoms with van der Waals surface area (Å²) in [5.41, 5.74) is 4.92. The Morgan fingerprint density at radius 3 is 1.92 bits per heavy atom. The molecule has 0 aliphatic heterocycles. The summed E-state index contributed by atoms with van der Waals surface area (Å²) >= 11 is 0. The summed E-state index contributed by atoms with van der Waals surface area (Å²) in [6, 6.07) is 13.4. The molecule has 14 heteroatoms. The lowest BCUT2D eigenvalue weighted by Gasteiger charge is -2.21. The van der Waals surface area contributed by atoms with E-state index in [9.17, 15) is 19.2 Å². The van der Waals surface area contributed by atoms with Crippen LogP contribution < -0.4 is 10.6 Å². The molecule has 0 fully saturated rings. The number of aromatic amines is 2. The van der Waals surface area contributed by atoms with Crippen molar-refractivity contribution >= 4 is 35.0 Å². The molecular weight excluding hydrogens is 616 g/mol. The van der Waals surface area contributed by atoms with Crippen molar-refractivity contribution in [3.8, 4) is 23.1 Å². The van der Waals surface area contributed by atoms with Crippen LogP contribution in [-0.4, -0.2) is 94.1 Å². The number of nitrogens with zero attached hydrogens (tertiary/aromatic N) is 4. The zero-order valence-electron chi connectivity index (χ0n) is 27.5. The summed E-state index contributed by atoms with van der Waals surface area (Å²) in [7, 11) is 2.50. The maximum atomic E-state index is 12.6. The van der Waals surface area contributed by atoms with Crippen molar-refractivity contribution in [1.29, 1.82) is 0 Å². The number of hydrogen-bond donors (Lipinski definition) is 4. The van der Waals surface area contributed by atoms with Gasteiger partial charge in [0.05, 0.1) is 50.2 Å². The second-order valence-corrected chi connectivity index (χ2v) is 10.8. The van der Waals surface area contributed by atoms with Crippen LogP contribution in [0.5, 0.6) is 0 Å². The normalized spacial score (nSPS) is 10.5. The van der Waals surface area contributed by atoms with Crippen molar-refractivity contribution in [2.45, 2.75) is 39.8 Å². The summed E-state index contributed by atoms with van der Waals surface area (Å²) in [5, 5.41) is 4.84. The molecule has 4 amide bonds. The first-order valence-electron chi connectivity index (χ1n) is 15.6. The van der Waals surface area contributed by atoms with E-state index in [1.165, 1.54) is 14.2 Å². The molecule has 252 valence electrons. The standard InChI is InChI=1S/C34H40N8O6/c1-5-15-41(31(43)19-36-33(45)47-3)21-29-35-18-28(40-29)25-12-9-23(10-13-25)7-8-24-11-14-26-27(17-24)39-30(38-26)22-42(16-6-2)32(44)20-37-34(46)48-4/h9-14,17-18H,5-6,15-16,19-22H2,1-4H3,(H,35,40)(H,36,45)(H,37,46)(H,38,39). The Kier molecular flexibility index (Phi) is 12.5. The van der Waals surface area contributed by atoms with Crippen molar-refractivity contribution in [3.05, 3.63) is 71.4 Å². The number of amides is 4. The molecule has 0 saturated carbocycles. The Bertz CT molecular complexity index is 1790. The van der Waals surface area contributed by atoms with E-state index in [4.69, 9.17) is 0 Å². The molecule has 2 aromatic carbocycles. The lowest BCUT2D eigenvalue weighted by atomic mass is 10.1. The number of carbonyl (C=O) groups excluding carboxylic acids is 4. The van der Waals surface area contributed by atoms with Gasteiger partial charge in [-0.3, -0.25) is 9.59 Å². The highest BCUT2D eigenvalue weighted by atomic mass is 16.5. The molecule has 0 atom stereocenters. The van der Waals surface area contributed by atoms with E-state index in [1.807, 2.05) is 56.3 Å². The van der Waals surface area contributed by atoms with E-state index in [0.717, 1.165) is 46.3 Å². The molecule has 2 aromatic heterocycles. The van der Waals surface area contributed by atoms with Crippen molar-refractivity contribution in [2.75, 3.05) is 40.4 Å². The lowest BCUT2D eigenvalue weighted by Crippen LogP contribution is -2.40. The van der Waals surface area contributed by atoms with Gasteiger partial charge in [0.1, 0.15) is 24.7 Å². The van der Waals surface area contributed by atoms with Crippen LogP contribution in [-0.2, 0) is 32.2 Å². The predicted molar refractivity (Wildman–Crippen MR) is 178 cm³/mol. The van der Waals surface area contributed by atoms with Crippen molar-refractivity contribution in [2.24, 2.45) is 0 Å². The molecular formula is C34H40N8O6. The number of alkyl carbamates (subject to hydrolysis) is 2. The predicted octanol–water partition coefficient (Wildman–Crippen LogP) is 3.54. The van der Waals surface area contributed by atoms with E-state index in [2.05, 4.69) is 51.9 Å². The highest BCUT2D eigenvalue weighted by molar-refractivity contribution is 5.83. The average Bonchev–Trinajstić information content (AvgIpc) is 3.74. The molecule has 0 aliphatic carbocycles. The number of fused-ring (bicyclic) bond motifs is 1. The Balaban J connectivity index is 1.38. The number of ether oxygens (including phenoxy) is 2. The van der Waals surface area contributed by atoms with Gasteiger partial charge in [0.25, 0.3) is 0 Å². The molecule has 4 rings (SSSR count). The van der Waals surface area contributed by atoms with E-state index >= 15 is 0 Å². The molecule has 0 aliphatic rings. The fraction of sp³-hybridized carbons (Fsp3) is 0.353. The number of benzene rings is 2. The van der Waals surface area contributed by atoms with Gasteiger partial charge in [0.15, 0.2) is 0 Å². The number of aromatic nitrogens is 4. The average molecular weight is 657 g/mol. The van der Waals surface area contributed by atoms with Crippen molar-refractivity contribution in [3.63, 3.8) is 0 Å². The van der Waals surface area contributed by atoms with Gasteiger partial charge in [-0.05, 0) is 48.7 Å². The largest absolute Gasteiger partial charge is 0.453 e. The highest BCUT2D eigenvalue weighted by Gasteiger charge is 2.18. The molecule has 0 spiro atoms. The SMILES string of the molecule is CCCN(Cc1ncc(-c2ccc(C#Cc3ccc4nc(CN(CCC)C(=O)CNC(=O)OC)[nH]c4c3)cc2)[nH]1)C(=O)CNC(=O)OC. The highest BCUT2D eigenvalue weighted by Crippen LogP contribution is 2.19. The second kappa shape index (κ2) is 17.2. The number of carbonyl (C=O) groups is 4. The van der Waals surface area contributed by atoms with Crippen LogP contribution in [0.1, 0.15) is 49.5 Å². The first-order chi connectivity index (χ1) is 23.2. The first kappa shape index (κ1) is 35.0. The fourth-order valence-electron chi connectivity index (χ4n) is 4.83.